The van der Waals surface area contributed by atoms with E-state index in [4.69, 9.17) is 10.5 Å². The first-order valence-electron chi connectivity index (χ1n) is 7.57. The third-order valence-corrected chi connectivity index (χ3v) is 4.63. The second-order valence-electron chi connectivity index (χ2n) is 6.40. The summed E-state index contributed by atoms with van der Waals surface area (Å²) in [5.41, 5.74) is 6.11. The molecule has 21 heavy (non-hydrogen) atoms. The number of nitrogens with two attached hydrogens (primary N) is 1. The van der Waals surface area contributed by atoms with Gasteiger partial charge in [-0.25, -0.2) is 0 Å². The van der Waals surface area contributed by atoms with Crippen LogP contribution >= 0.6 is 0 Å². The number of aromatic amines is 1. The van der Waals surface area contributed by atoms with Gasteiger partial charge in [-0.2, -0.15) is 5.10 Å². The second kappa shape index (κ2) is 6.05. The Morgan fingerprint density at radius 2 is 2.33 bits per heavy atom. The van der Waals surface area contributed by atoms with Crippen molar-refractivity contribution in [3.8, 4) is 0 Å². The summed E-state index contributed by atoms with van der Waals surface area (Å²) in [7, 11) is 1.82. The van der Waals surface area contributed by atoms with E-state index in [0.717, 1.165) is 25.9 Å². The fourth-order valence-electron chi connectivity index (χ4n) is 2.97. The average Bonchev–Trinajstić information content (AvgIpc) is 2.86. The van der Waals surface area contributed by atoms with Crippen LogP contribution in [0.25, 0.3) is 0 Å². The van der Waals surface area contributed by atoms with E-state index in [1.54, 1.807) is 4.90 Å². The highest BCUT2D eigenvalue weighted by atomic mass is 16.5. The normalized spacial score (nSPS) is 23.6. The second-order valence-corrected chi connectivity index (χ2v) is 6.40. The van der Waals surface area contributed by atoms with Crippen molar-refractivity contribution in [3.05, 3.63) is 11.8 Å². The molecule has 0 spiro atoms. The summed E-state index contributed by atoms with van der Waals surface area (Å²) in [6.07, 6.45) is 4.78. The summed E-state index contributed by atoms with van der Waals surface area (Å²) in [6.45, 7) is 7.25. The van der Waals surface area contributed by atoms with Crippen LogP contribution in [0.5, 0.6) is 0 Å². The number of hydrogen-bond acceptors (Lipinski definition) is 4. The van der Waals surface area contributed by atoms with Crippen molar-refractivity contribution in [2.24, 2.45) is 5.41 Å². The van der Waals surface area contributed by atoms with Crippen LogP contribution in [-0.4, -0.2) is 46.8 Å². The van der Waals surface area contributed by atoms with Crippen molar-refractivity contribution in [2.45, 2.75) is 52.2 Å². The van der Waals surface area contributed by atoms with Crippen LogP contribution in [-0.2, 0) is 4.74 Å². The van der Waals surface area contributed by atoms with Crippen LogP contribution in [0.2, 0.25) is 0 Å². The van der Waals surface area contributed by atoms with Gasteiger partial charge in [0.1, 0.15) is 11.4 Å². The predicted octanol–water partition coefficient (Wildman–Crippen LogP) is 2.05. The summed E-state index contributed by atoms with van der Waals surface area (Å²) >= 11 is 0. The minimum Gasteiger partial charge on any atom is -0.383 e. The molecular weight excluding hydrogens is 268 g/mol. The highest BCUT2D eigenvalue weighted by molar-refractivity contribution is 5.98. The van der Waals surface area contributed by atoms with Gasteiger partial charge in [0.2, 0.25) is 0 Å². The van der Waals surface area contributed by atoms with E-state index >= 15 is 0 Å². The maximum atomic E-state index is 12.5. The van der Waals surface area contributed by atoms with Crippen molar-refractivity contribution in [2.75, 3.05) is 19.4 Å². The minimum atomic E-state index is -0.0914. The van der Waals surface area contributed by atoms with Gasteiger partial charge in [-0.05, 0) is 12.8 Å². The van der Waals surface area contributed by atoms with Crippen molar-refractivity contribution >= 4 is 11.7 Å². The first kappa shape index (κ1) is 15.8. The predicted molar refractivity (Wildman–Crippen MR) is 81.9 cm³/mol. The van der Waals surface area contributed by atoms with Crippen molar-refractivity contribution in [1.82, 2.24) is 15.1 Å². The van der Waals surface area contributed by atoms with Crippen LogP contribution in [0.3, 0.4) is 0 Å². The van der Waals surface area contributed by atoms with Gasteiger partial charge in [0.25, 0.3) is 5.91 Å². The number of aromatic nitrogens is 2. The van der Waals surface area contributed by atoms with Gasteiger partial charge in [0.05, 0.1) is 12.3 Å². The molecule has 1 amide bonds. The molecule has 1 saturated carbocycles. The number of H-pyrrole nitrogens is 1. The van der Waals surface area contributed by atoms with Crippen LogP contribution in [0.1, 0.15) is 50.4 Å². The smallest absolute Gasteiger partial charge is 0.259 e. The van der Waals surface area contributed by atoms with Crippen LogP contribution < -0.4 is 5.73 Å². The number of carbonyl (C=O) groups is 1. The summed E-state index contributed by atoms with van der Waals surface area (Å²) in [4.78, 5) is 14.2. The minimum absolute atomic E-state index is 0.0450. The Kier molecular flexibility index (Phi) is 4.56. The Hall–Kier alpha value is -1.56. The molecule has 1 aromatic heterocycles. The molecule has 3 N–H and O–H groups in total. The topological polar surface area (TPSA) is 84.2 Å². The molecule has 6 heteroatoms. The molecule has 1 aromatic rings. The fourth-order valence-corrected chi connectivity index (χ4v) is 2.97. The van der Waals surface area contributed by atoms with Gasteiger partial charge in [-0.15, -0.1) is 0 Å². The molecule has 6 nitrogen and oxygen atoms in total. The highest BCUT2D eigenvalue weighted by Crippen LogP contribution is 2.45. The molecule has 2 unspecified atom stereocenters. The summed E-state index contributed by atoms with van der Waals surface area (Å²) < 4.78 is 5.93. The third kappa shape index (κ3) is 2.90. The number of ether oxygens (including phenoxy) is 1. The molecular formula is C15H26N4O2. The van der Waals surface area contributed by atoms with E-state index in [2.05, 4.69) is 31.0 Å². The third-order valence-electron chi connectivity index (χ3n) is 4.63. The molecule has 1 aliphatic rings. The Balaban J connectivity index is 1.97. The Morgan fingerprint density at radius 3 is 2.86 bits per heavy atom. The zero-order valence-electron chi connectivity index (χ0n) is 13.3. The summed E-state index contributed by atoms with van der Waals surface area (Å²) in [6, 6.07) is 0.158. The number of nitrogen functional groups attached to an aromatic ring is 1. The van der Waals surface area contributed by atoms with E-state index in [0.29, 0.717) is 11.4 Å². The lowest BCUT2D eigenvalue weighted by Crippen LogP contribution is -2.62. The van der Waals surface area contributed by atoms with Gasteiger partial charge in [-0.1, -0.05) is 27.2 Å². The molecule has 0 aliphatic heterocycles. The molecule has 1 heterocycles. The largest absolute Gasteiger partial charge is 0.383 e. The molecule has 2 atom stereocenters. The van der Waals surface area contributed by atoms with Gasteiger partial charge >= 0.3 is 0 Å². The van der Waals surface area contributed by atoms with E-state index in [9.17, 15) is 4.79 Å². The molecule has 2 rings (SSSR count). The molecule has 0 aromatic carbocycles. The number of hydrogen-bond donors (Lipinski definition) is 2. The number of carbonyl (C=O) groups excluding carboxylic acids is 1. The van der Waals surface area contributed by atoms with Crippen LogP contribution in [0.4, 0.5) is 5.82 Å². The lowest BCUT2D eigenvalue weighted by Gasteiger charge is -2.54. The van der Waals surface area contributed by atoms with E-state index in [1.165, 1.54) is 6.20 Å². The van der Waals surface area contributed by atoms with E-state index < -0.39 is 0 Å². The Bertz CT molecular complexity index is 498. The van der Waals surface area contributed by atoms with Crippen LogP contribution in [0, 0.1) is 5.41 Å². The van der Waals surface area contributed by atoms with Crippen molar-refractivity contribution < 1.29 is 9.53 Å². The average molecular weight is 294 g/mol. The molecule has 0 saturated heterocycles. The summed E-state index contributed by atoms with van der Waals surface area (Å²) in [5, 5.41) is 6.41. The zero-order chi connectivity index (χ0) is 15.6. The van der Waals surface area contributed by atoms with Gasteiger partial charge in [0.15, 0.2) is 0 Å². The Morgan fingerprint density at radius 1 is 1.62 bits per heavy atom. The standard InChI is InChI=1S/C15H26N4O2/c1-5-6-7-21-12-8-11(15(12,2)3)19(4)14(20)10-9-17-18-13(10)16/h9,11-12H,5-8H2,1-4H3,(H3,16,17,18). The van der Waals surface area contributed by atoms with Crippen molar-refractivity contribution in [3.63, 3.8) is 0 Å². The maximum absolute atomic E-state index is 12.5. The molecule has 118 valence electrons. The van der Waals surface area contributed by atoms with Gasteiger partial charge < -0.3 is 15.4 Å². The van der Waals surface area contributed by atoms with Gasteiger partial charge in [0, 0.05) is 25.1 Å². The monoisotopic (exact) mass is 294 g/mol. The number of unbranched alkanes of at least 4 members (excludes halogenated alkanes) is 1. The maximum Gasteiger partial charge on any atom is 0.259 e. The van der Waals surface area contributed by atoms with E-state index in [-0.39, 0.29) is 23.5 Å². The van der Waals surface area contributed by atoms with Gasteiger partial charge in [-0.3, -0.25) is 9.89 Å². The van der Waals surface area contributed by atoms with E-state index in [1.807, 2.05) is 7.05 Å². The molecule has 1 fully saturated rings. The lowest BCUT2D eigenvalue weighted by molar-refractivity contribution is -0.140. The summed E-state index contributed by atoms with van der Waals surface area (Å²) in [5.74, 6) is 0.228. The number of amides is 1. The molecule has 1 aliphatic carbocycles. The number of nitrogens with zero attached hydrogens (tertiary/aromatic N) is 2. The zero-order valence-corrected chi connectivity index (χ0v) is 13.3. The first-order chi connectivity index (χ1) is 9.89. The number of rotatable bonds is 6. The first-order valence-corrected chi connectivity index (χ1v) is 7.57. The number of anilines is 1. The highest BCUT2D eigenvalue weighted by Gasteiger charge is 2.52. The SMILES string of the molecule is CCCCOC1CC(N(C)C(=O)c2cn[nH]c2N)C1(C)C. The fraction of sp³-hybridized carbons (Fsp3) is 0.733. The molecule has 0 radical (unpaired) electrons. The quantitative estimate of drug-likeness (QED) is 0.786. The Labute approximate surface area is 126 Å². The molecule has 0 bridgehead atoms. The van der Waals surface area contributed by atoms with Crippen LogP contribution in [0.15, 0.2) is 6.20 Å². The lowest BCUT2D eigenvalue weighted by atomic mass is 9.63. The van der Waals surface area contributed by atoms with Crippen molar-refractivity contribution in [1.29, 1.82) is 0 Å². The number of nitrogens with one attached hydrogen (secondary N) is 1.